The summed E-state index contributed by atoms with van der Waals surface area (Å²) < 4.78 is 11.4. The summed E-state index contributed by atoms with van der Waals surface area (Å²) in [4.78, 5) is 23.0. The van der Waals surface area contributed by atoms with Crippen LogP contribution in [0.1, 0.15) is 11.6 Å². The normalized spacial score (nSPS) is 16.2. The first-order valence-corrected chi connectivity index (χ1v) is 7.16. The van der Waals surface area contributed by atoms with E-state index in [-0.39, 0.29) is 23.8 Å². The number of aromatic nitrogens is 4. The number of ether oxygens (including phenoxy) is 2. The first-order chi connectivity index (χ1) is 12.1. The molecule has 1 aromatic carbocycles. The molecule has 2 heterocycles. The predicted molar refractivity (Wildman–Crippen MR) is 83.6 cm³/mol. The highest BCUT2D eigenvalue weighted by molar-refractivity contribution is 5.92. The lowest BCUT2D eigenvalue weighted by Gasteiger charge is -2.28. The average molecular weight is 346 g/mol. The van der Waals surface area contributed by atoms with Crippen molar-refractivity contribution in [3.63, 3.8) is 0 Å². The molecule has 1 aromatic heterocycles. The standard InChI is InChI=1S/C14H14N6O5/c1-24-7-10-11(13(21)25-2)12(19-14(15-10)16-17-18-19)8-4-3-5-9(6-8)20(22)23/h3-6,12H,7H2,1-2H3,(H,15,16,18)/t12-/m1/s1. The van der Waals surface area contributed by atoms with Gasteiger partial charge in [0, 0.05) is 19.2 Å². The third-order valence-electron chi connectivity index (χ3n) is 3.69. The number of anilines is 1. The van der Waals surface area contributed by atoms with Crippen LogP contribution in [-0.4, -0.2) is 51.9 Å². The van der Waals surface area contributed by atoms with Gasteiger partial charge >= 0.3 is 5.97 Å². The number of nitro groups is 1. The van der Waals surface area contributed by atoms with Crippen molar-refractivity contribution in [1.82, 2.24) is 20.2 Å². The molecule has 130 valence electrons. The summed E-state index contributed by atoms with van der Waals surface area (Å²) in [5.41, 5.74) is 0.999. The highest BCUT2D eigenvalue weighted by Gasteiger charge is 2.36. The topological polar surface area (TPSA) is 134 Å². The molecule has 3 rings (SSSR count). The van der Waals surface area contributed by atoms with E-state index in [0.717, 1.165) is 0 Å². The van der Waals surface area contributed by atoms with Crippen molar-refractivity contribution in [3.05, 3.63) is 51.2 Å². The van der Waals surface area contributed by atoms with Gasteiger partial charge in [-0.3, -0.25) is 10.1 Å². The van der Waals surface area contributed by atoms with E-state index in [1.807, 2.05) is 0 Å². The summed E-state index contributed by atoms with van der Waals surface area (Å²) in [5, 5.41) is 25.4. The number of rotatable bonds is 5. The van der Waals surface area contributed by atoms with Crippen LogP contribution < -0.4 is 5.32 Å². The number of nitrogens with one attached hydrogen (secondary N) is 1. The Morgan fingerprint density at radius 2 is 2.24 bits per heavy atom. The summed E-state index contributed by atoms with van der Waals surface area (Å²) in [6, 6.07) is 5.13. The molecule has 0 fully saturated rings. The minimum Gasteiger partial charge on any atom is -0.466 e. The fourth-order valence-electron chi connectivity index (χ4n) is 2.66. The molecule has 11 nitrogen and oxygen atoms in total. The molecule has 0 radical (unpaired) electrons. The van der Waals surface area contributed by atoms with Gasteiger partial charge < -0.3 is 14.8 Å². The van der Waals surface area contributed by atoms with Crippen LogP contribution >= 0.6 is 0 Å². The third-order valence-corrected chi connectivity index (χ3v) is 3.69. The molecular formula is C14H14N6O5. The zero-order valence-electron chi connectivity index (χ0n) is 13.4. The molecule has 1 N–H and O–H groups in total. The number of carbonyl (C=O) groups is 1. The highest BCUT2D eigenvalue weighted by Crippen LogP contribution is 2.36. The monoisotopic (exact) mass is 346 g/mol. The van der Waals surface area contributed by atoms with Crippen molar-refractivity contribution < 1.29 is 19.2 Å². The maximum absolute atomic E-state index is 12.4. The predicted octanol–water partition coefficient (Wildman–Crippen LogP) is 0.670. The number of tetrazole rings is 1. The smallest absolute Gasteiger partial charge is 0.338 e. The van der Waals surface area contributed by atoms with Crippen molar-refractivity contribution in [2.75, 3.05) is 26.1 Å². The lowest BCUT2D eigenvalue weighted by atomic mass is 9.95. The Kier molecular flexibility index (Phi) is 4.39. The Hall–Kier alpha value is -3.34. The van der Waals surface area contributed by atoms with Gasteiger partial charge in [-0.15, -0.1) is 0 Å². The largest absolute Gasteiger partial charge is 0.466 e. The van der Waals surface area contributed by atoms with E-state index in [4.69, 9.17) is 9.47 Å². The molecule has 0 bridgehead atoms. The summed E-state index contributed by atoms with van der Waals surface area (Å²) in [7, 11) is 2.73. The fourth-order valence-corrected chi connectivity index (χ4v) is 2.66. The molecule has 0 aliphatic carbocycles. The Morgan fingerprint density at radius 3 is 2.92 bits per heavy atom. The van der Waals surface area contributed by atoms with Crippen molar-refractivity contribution in [1.29, 1.82) is 0 Å². The zero-order valence-corrected chi connectivity index (χ0v) is 13.4. The van der Waals surface area contributed by atoms with Gasteiger partial charge in [0.15, 0.2) is 0 Å². The maximum atomic E-state index is 12.4. The van der Waals surface area contributed by atoms with Crippen molar-refractivity contribution >= 4 is 17.6 Å². The molecule has 0 unspecified atom stereocenters. The maximum Gasteiger partial charge on any atom is 0.338 e. The summed E-state index contributed by atoms with van der Waals surface area (Å²) >= 11 is 0. The van der Waals surface area contributed by atoms with E-state index in [1.54, 1.807) is 6.07 Å². The first-order valence-electron chi connectivity index (χ1n) is 7.16. The second-order valence-corrected chi connectivity index (χ2v) is 5.14. The number of carbonyl (C=O) groups excluding carboxylic acids is 1. The molecule has 2 aromatic rings. The molecule has 0 saturated carbocycles. The number of nitro benzene ring substituents is 1. The van der Waals surface area contributed by atoms with E-state index >= 15 is 0 Å². The molecule has 0 saturated heterocycles. The van der Waals surface area contributed by atoms with Gasteiger partial charge in [0.05, 0.1) is 29.9 Å². The van der Waals surface area contributed by atoms with E-state index in [1.165, 1.54) is 37.1 Å². The molecule has 1 aliphatic rings. The van der Waals surface area contributed by atoms with Crippen LogP contribution in [0.4, 0.5) is 11.6 Å². The van der Waals surface area contributed by atoms with E-state index < -0.39 is 16.9 Å². The Bertz CT molecular complexity index is 861. The van der Waals surface area contributed by atoms with Crippen LogP contribution in [0.3, 0.4) is 0 Å². The van der Waals surface area contributed by atoms with E-state index in [9.17, 15) is 14.9 Å². The van der Waals surface area contributed by atoms with Crippen molar-refractivity contribution in [3.8, 4) is 0 Å². The number of nitrogens with zero attached hydrogens (tertiary/aromatic N) is 5. The van der Waals surface area contributed by atoms with Crippen LogP contribution in [-0.2, 0) is 14.3 Å². The van der Waals surface area contributed by atoms with Crippen LogP contribution in [0, 0.1) is 10.1 Å². The Labute approximate surface area is 141 Å². The second-order valence-electron chi connectivity index (χ2n) is 5.14. The number of hydrogen-bond donors (Lipinski definition) is 1. The molecule has 25 heavy (non-hydrogen) atoms. The van der Waals surface area contributed by atoms with Crippen LogP contribution in [0.5, 0.6) is 0 Å². The Balaban J connectivity index is 2.21. The molecular weight excluding hydrogens is 332 g/mol. The van der Waals surface area contributed by atoms with Crippen LogP contribution in [0.25, 0.3) is 0 Å². The molecule has 1 atom stereocenters. The van der Waals surface area contributed by atoms with Gasteiger partial charge in [-0.1, -0.05) is 17.2 Å². The fraction of sp³-hybridized carbons (Fsp3) is 0.286. The minimum atomic E-state index is -0.788. The van der Waals surface area contributed by atoms with Crippen molar-refractivity contribution in [2.45, 2.75) is 6.04 Å². The van der Waals surface area contributed by atoms with Gasteiger partial charge in [0.1, 0.15) is 6.04 Å². The van der Waals surface area contributed by atoms with Crippen molar-refractivity contribution in [2.24, 2.45) is 0 Å². The summed E-state index contributed by atoms with van der Waals surface area (Å²) in [6.07, 6.45) is 0. The molecule has 0 spiro atoms. The van der Waals surface area contributed by atoms with Crippen LogP contribution in [0.15, 0.2) is 35.5 Å². The second kappa shape index (κ2) is 6.65. The summed E-state index contributed by atoms with van der Waals surface area (Å²) in [5.74, 6) is -0.326. The van der Waals surface area contributed by atoms with Gasteiger partial charge in [0.2, 0.25) is 5.95 Å². The third kappa shape index (κ3) is 2.92. The van der Waals surface area contributed by atoms with Gasteiger partial charge in [-0.05, 0) is 16.0 Å². The van der Waals surface area contributed by atoms with Gasteiger partial charge in [0.25, 0.3) is 5.69 Å². The minimum absolute atomic E-state index is 0.0860. The number of fused-ring (bicyclic) bond motifs is 1. The van der Waals surface area contributed by atoms with E-state index in [2.05, 4.69) is 20.8 Å². The number of esters is 1. The molecule has 11 heteroatoms. The lowest BCUT2D eigenvalue weighted by molar-refractivity contribution is -0.384. The number of methoxy groups -OCH3 is 2. The quantitative estimate of drug-likeness (QED) is 0.471. The highest BCUT2D eigenvalue weighted by atomic mass is 16.6. The lowest BCUT2D eigenvalue weighted by Crippen LogP contribution is -2.31. The SMILES string of the molecule is COCC1=C(C(=O)OC)[C@@H](c2cccc([N+](=O)[O-])c2)n2nnnc2N1. The number of non-ortho nitro benzene ring substituents is 1. The van der Waals surface area contributed by atoms with Gasteiger partial charge in [-0.2, -0.15) is 4.68 Å². The number of hydrogen-bond acceptors (Lipinski definition) is 9. The summed E-state index contributed by atoms with van der Waals surface area (Å²) in [6.45, 7) is 0.0860. The molecule has 1 aliphatic heterocycles. The Morgan fingerprint density at radius 1 is 1.44 bits per heavy atom. The molecule has 0 amide bonds. The van der Waals surface area contributed by atoms with Gasteiger partial charge in [-0.25, -0.2) is 4.79 Å². The zero-order chi connectivity index (χ0) is 18.0. The van der Waals surface area contributed by atoms with Crippen LogP contribution in [0.2, 0.25) is 0 Å². The first kappa shape index (κ1) is 16.5. The van der Waals surface area contributed by atoms with E-state index in [0.29, 0.717) is 11.3 Å². The average Bonchev–Trinajstić information content (AvgIpc) is 3.08. The number of benzene rings is 1.